The molecule has 6 nitrogen and oxygen atoms in total. The first-order chi connectivity index (χ1) is 13.9. The fraction of sp³-hybridized carbons (Fsp3) is 0.455. The van der Waals surface area contributed by atoms with E-state index in [0.29, 0.717) is 24.2 Å². The highest BCUT2D eigenvalue weighted by Crippen LogP contribution is 2.25. The van der Waals surface area contributed by atoms with E-state index < -0.39 is 0 Å². The van der Waals surface area contributed by atoms with E-state index >= 15 is 0 Å². The molecule has 2 aromatic rings. The second-order valence-electron chi connectivity index (χ2n) is 7.61. The summed E-state index contributed by atoms with van der Waals surface area (Å²) in [6.45, 7) is 7.20. The van der Waals surface area contributed by atoms with Crippen LogP contribution in [0.15, 0.2) is 35.4 Å². The number of hydrogen-bond donors (Lipinski definition) is 1. The second kappa shape index (κ2) is 9.39. The van der Waals surface area contributed by atoms with Gasteiger partial charge in [0.1, 0.15) is 10.9 Å². The molecule has 0 aliphatic carbocycles. The van der Waals surface area contributed by atoms with E-state index in [4.69, 9.17) is 0 Å². The van der Waals surface area contributed by atoms with Gasteiger partial charge in [0.25, 0.3) is 11.8 Å². The van der Waals surface area contributed by atoms with E-state index in [1.807, 2.05) is 48.4 Å². The van der Waals surface area contributed by atoms with Gasteiger partial charge in [-0.3, -0.25) is 9.59 Å². The number of piperidine rings is 1. The molecule has 0 unspecified atom stereocenters. The first kappa shape index (κ1) is 21.3. The summed E-state index contributed by atoms with van der Waals surface area (Å²) in [6.07, 6.45) is 3.42. The number of likely N-dealkylation sites (tertiary alicyclic amines) is 1. The van der Waals surface area contributed by atoms with Crippen LogP contribution in [-0.4, -0.2) is 52.1 Å². The highest BCUT2D eigenvalue weighted by Gasteiger charge is 2.28. The van der Waals surface area contributed by atoms with Crippen LogP contribution in [0.25, 0.3) is 0 Å². The Morgan fingerprint density at radius 1 is 1.14 bits per heavy atom. The molecule has 1 fully saturated rings. The molecule has 0 bridgehead atoms. The van der Waals surface area contributed by atoms with Gasteiger partial charge in [0, 0.05) is 30.6 Å². The smallest absolute Gasteiger partial charge is 0.258 e. The number of aromatic nitrogens is 2. The molecule has 1 aliphatic rings. The van der Waals surface area contributed by atoms with Crippen molar-refractivity contribution in [2.45, 2.75) is 50.6 Å². The summed E-state index contributed by atoms with van der Waals surface area (Å²) >= 11 is 1.48. The molecular formula is C22H28N4O2S. The van der Waals surface area contributed by atoms with E-state index in [2.05, 4.69) is 29.1 Å². The van der Waals surface area contributed by atoms with Crippen molar-refractivity contribution in [2.75, 3.05) is 19.3 Å². The fourth-order valence-corrected chi connectivity index (χ4v) is 4.09. The topological polar surface area (TPSA) is 75.2 Å². The van der Waals surface area contributed by atoms with Crippen molar-refractivity contribution in [1.82, 2.24) is 20.2 Å². The number of carbonyl (C=O) groups excluding carboxylic acids is 2. The number of nitrogens with one attached hydrogen (secondary N) is 1. The number of carbonyl (C=O) groups is 2. The maximum atomic E-state index is 13.2. The van der Waals surface area contributed by atoms with Crippen LogP contribution in [0, 0.1) is 6.92 Å². The van der Waals surface area contributed by atoms with Crippen LogP contribution in [0.4, 0.5) is 0 Å². The Balaban J connectivity index is 1.65. The van der Waals surface area contributed by atoms with E-state index in [0.717, 1.165) is 29.4 Å². The van der Waals surface area contributed by atoms with Crippen molar-refractivity contribution in [3.8, 4) is 0 Å². The third-order valence-electron chi connectivity index (χ3n) is 5.15. The van der Waals surface area contributed by atoms with Gasteiger partial charge in [-0.25, -0.2) is 9.97 Å². The Morgan fingerprint density at radius 2 is 1.79 bits per heavy atom. The molecule has 1 saturated heterocycles. The highest BCUT2D eigenvalue weighted by atomic mass is 32.2. The number of rotatable bonds is 5. The van der Waals surface area contributed by atoms with Crippen LogP contribution < -0.4 is 5.32 Å². The lowest BCUT2D eigenvalue weighted by atomic mass is 10.0. The molecule has 0 atom stereocenters. The quantitative estimate of drug-likeness (QED) is 0.599. The maximum Gasteiger partial charge on any atom is 0.258 e. The van der Waals surface area contributed by atoms with Crippen molar-refractivity contribution in [2.24, 2.45) is 0 Å². The predicted molar refractivity (Wildman–Crippen MR) is 115 cm³/mol. The van der Waals surface area contributed by atoms with Crippen LogP contribution in [0.3, 0.4) is 0 Å². The van der Waals surface area contributed by atoms with Gasteiger partial charge in [-0.2, -0.15) is 0 Å². The molecule has 0 spiro atoms. The van der Waals surface area contributed by atoms with Crippen molar-refractivity contribution in [1.29, 1.82) is 0 Å². The van der Waals surface area contributed by atoms with Gasteiger partial charge in [-0.15, -0.1) is 11.8 Å². The Kier molecular flexibility index (Phi) is 6.90. The second-order valence-corrected chi connectivity index (χ2v) is 8.41. The Hall–Kier alpha value is -2.41. The molecule has 1 N–H and O–H groups in total. The fourth-order valence-electron chi connectivity index (χ4n) is 3.46. The minimum atomic E-state index is -0.0615. The molecule has 0 saturated carbocycles. The molecule has 0 radical (unpaired) electrons. The molecular weight excluding hydrogens is 384 g/mol. The molecule has 3 rings (SSSR count). The Labute approximate surface area is 176 Å². The zero-order valence-electron chi connectivity index (χ0n) is 17.4. The number of thioether (sulfide) groups is 1. The number of hydrogen-bond acceptors (Lipinski definition) is 5. The summed E-state index contributed by atoms with van der Waals surface area (Å²) in [6, 6.07) is 9.29. The summed E-state index contributed by atoms with van der Waals surface area (Å²) < 4.78 is 0. The number of aryl methyl sites for hydroxylation is 1. The number of amides is 2. The zero-order chi connectivity index (χ0) is 21.0. The first-order valence-corrected chi connectivity index (χ1v) is 11.2. The monoisotopic (exact) mass is 412 g/mol. The molecule has 154 valence electrons. The van der Waals surface area contributed by atoms with Crippen molar-refractivity contribution in [3.05, 3.63) is 53.0 Å². The van der Waals surface area contributed by atoms with Crippen molar-refractivity contribution >= 4 is 23.6 Å². The lowest BCUT2D eigenvalue weighted by Crippen LogP contribution is -2.46. The molecule has 29 heavy (non-hydrogen) atoms. The standard InChI is InChI=1S/C22H28N4O2S/c1-14(2)19-23-15(3)18(21(25-19)29-4)22(28)26-12-10-17(11-13-26)24-20(27)16-8-6-5-7-9-16/h5-9,14,17H,10-13H2,1-4H3,(H,24,27). The molecule has 7 heteroatoms. The summed E-state index contributed by atoms with van der Waals surface area (Å²) in [4.78, 5) is 36.5. The summed E-state index contributed by atoms with van der Waals surface area (Å²) in [7, 11) is 0. The lowest BCUT2D eigenvalue weighted by molar-refractivity contribution is 0.0692. The van der Waals surface area contributed by atoms with Gasteiger partial charge in [0.05, 0.1) is 11.3 Å². The summed E-state index contributed by atoms with van der Waals surface area (Å²) in [5, 5.41) is 3.82. The Morgan fingerprint density at radius 3 is 2.38 bits per heavy atom. The molecule has 2 amide bonds. The minimum absolute atomic E-state index is 0.0185. The summed E-state index contributed by atoms with van der Waals surface area (Å²) in [5.74, 6) is 0.905. The van der Waals surface area contributed by atoms with Crippen LogP contribution in [0.5, 0.6) is 0 Å². The van der Waals surface area contributed by atoms with Gasteiger partial charge >= 0.3 is 0 Å². The van der Waals surface area contributed by atoms with Gasteiger partial charge in [-0.05, 0) is 38.2 Å². The van der Waals surface area contributed by atoms with Crippen LogP contribution in [0.1, 0.15) is 64.8 Å². The number of benzene rings is 1. The van der Waals surface area contributed by atoms with E-state index in [1.165, 1.54) is 11.8 Å². The van der Waals surface area contributed by atoms with Crippen LogP contribution >= 0.6 is 11.8 Å². The summed E-state index contributed by atoms with van der Waals surface area (Å²) in [5.41, 5.74) is 2.00. The number of nitrogens with zero attached hydrogens (tertiary/aromatic N) is 3. The Bertz CT molecular complexity index is 878. The van der Waals surface area contributed by atoms with Crippen LogP contribution in [0.2, 0.25) is 0 Å². The van der Waals surface area contributed by atoms with E-state index in [9.17, 15) is 9.59 Å². The first-order valence-electron chi connectivity index (χ1n) is 9.98. The lowest BCUT2D eigenvalue weighted by Gasteiger charge is -2.33. The van der Waals surface area contributed by atoms with Crippen molar-refractivity contribution < 1.29 is 9.59 Å². The maximum absolute atomic E-state index is 13.2. The van der Waals surface area contributed by atoms with Gasteiger partial charge in [-0.1, -0.05) is 32.0 Å². The average Bonchev–Trinajstić information content (AvgIpc) is 2.73. The predicted octanol–water partition coefficient (Wildman–Crippen LogP) is 3.66. The molecule has 1 aromatic carbocycles. The largest absolute Gasteiger partial charge is 0.349 e. The van der Waals surface area contributed by atoms with Gasteiger partial charge in [0.2, 0.25) is 0 Å². The third kappa shape index (κ3) is 4.96. The third-order valence-corrected chi connectivity index (χ3v) is 5.83. The van der Waals surface area contributed by atoms with Gasteiger partial charge in [0.15, 0.2) is 0 Å². The average molecular weight is 413 g/mol. The van der Waals surface area contributed by atoms with E-state index in [1.54, 1.807) is 0 Å². The van der Waals surface area contributed by atoms with E-state index in [-0.39, 0.29) is 23.8 Å². The SMILES string of the molecule is CSc1nc(C(C)C)nc(C)c1C(=O)N1CCC(NC(=O)c2ccccc2)CC1. The van der Waals surface area contributed by atoms with Crippen molar-refractivity contribution in [3.63, 3.8) is 0 Å². The normalized spacial score (nSPS) is 14.9. The highest BCUT2D eigenvalue weighted by molar-refractivity contribution is 7.98. The molecule has 2 heterocycles. The minimum Gasteiger partial charge on any atom is -0.349 e. The van der Waals surface area contributed by atoms with Gasteiger partial charge < -0.3 is 10.2 Å². The zero-order valence-corrected chi connectivity index (χ0v) is 18.3. The van der Waals surface area contributed by atoms with Crippen LogP contribution in [-0.2, 0) is 0 Å². The molecule has 1 aliphatic heterocycles. The molecule has 1 aromatic heterocycles.